The molecule has 1 heterocycles. The van der Waals surface area contributed by atoms with Crippen LogP contribution in [-0.4, -0.2) is 6.54 Å². The van der Waals surface area contributed by atoms with E-state index in [2.05, 4.69) is 54.2 Å². The van der Waals surface area contributed by atoms with Gasteiger partial charge in [0.2, 0.25) is 0 Å². The third-order valence-corrected chi connectivity index (χ3v) is 4.73. The summed E-state index contributed by atoms with van der Waals surface area (Å²) in [6.07, 6.45) is 0. The maximum Gasteiger partial charge on any atom is 0.122 e. The molecule has 1 aromatic carbocycles. The largest absolute Gasteiger partial charge is 0.489 e. The fourth-order valence-electron chi connectivity index (χ4n) is 2.00. The smallest absolute Gasteiger partial charge is 0.122 e. The summed E-state index contributed by atoms with van der Waals surface area (Å²) in [6.45, 7) is 8.93. The molecule has 0 atom stereocenters. The maximum absolute atomic E-state index is 5.94. The van der Waals surface area contributed by atoms with Crippen molar-refractivity contribution in [1.29, 1.82) is 0 Å². The zero-order valence-electron chi connectivity index (χ0n) is 12.1. The topological polar surface area (TPSA) is 21.3 Å². The standard InChI is InChI=1S/C16H20BrNOS/c1-4-18-9-15-8-13(12(3)20-15)10-19-16-6-5-14(17)7-11(16)2/h5-8,18H,4,9-10H2,1-3H3. The zero-order valence-corrected chi connectivity index (χ0v) is 14.5. The van der Waals surface area contributed by atoms with Crippen LogP contribution in [0, 0.1) is 13.8 Å². The molecule has 1 N–H and O–H groups in total. The highest BCUT2D eigenvalue weighted by atomic mass is 79.9. The molecule has 1 aromatic heterocycles. The Hall–Kier alpha value is -0.840. The Balaban J connectivity index is 2.01. The molecule has 0 aliphatic carbocycles. The van der Waals surface area contributed by atoms with Gasteiger partial charge in [0.15, 0.2) is 0 Å². The SMILES string of the molecule is CCNCc1cc(COc2ccc(Br)cc2C)c(C)s1. The van der Waals surface area contributed by atoms with E-state index in [9.17, 15) is 0 Å². The second kappa shape index (κ2) is 7.25. The summed E-state index contributed by atoms with van der Waals surface area (Å²) in [5.74, 6) is 0.951. The normalized spacial score (nSPS) is 10.8. The van der Waals surface area contributed by atoms with Gasteiger partial charge in [-0.05, 0) is 50.2 Å². The summed E-state index contributed by atoms with van der Waals surface area (Å²) >= 11 is 5.32. The van der Waals surface area contributed by atoms with Crippen LogP contribution in [-0.2, 0) is 13.2 Å². The number of nitrogens with one attached hydrogen (secondary N) is 1. The Morgan fingerprint density at radius 3 is 2.75 bits per heavy atom. The molecule has 108 valence electrons. The van der Waals surface area contributed by atoms with Crippen LogP contribution in [0.1, 0.15) is 27.8 Å². The number of halogens is 1. The minimum absolute atomic E-state index is 0.636. The quantitative estimate of drug-likeness (QED) is 0.803. The van der Waals surface area contributed by atoms with E-state index in [1.807, 2.05) is 23.5 Å². The molecule has 20 heavy (non-hydrogen) atoms. The molecule has 0 saturated heterocycles. The Labute approximate surface area is 133 Å². The molecule has 2 aromatic rings. The minimum Gasteiger partial charge on any atom is -0.489 e. The number of ether oxygens (including phenoxy) is 1. The molecule has 0 bridgehead atoms. The average molecular weight is 354 g/mol. The predicted octanol–water partition coefficient (Wildman–Crippen LogP) is 4.82. The summed E-state index contributed by atoms with van der Waals surface area (Å²) in [5.41, 5.74) is 2.44. The number of benzene rings is 1. The van der Waals surface area contributed by atoms with Crippen LogP contribution in [0.4, 0.5) is 0 Å². The van der Waals surface area contributed by atoms with Gasteiger partial charge in [0.25, 0.3) is 0 Å². The molecule has 0 spiro atoms. The van der Waals surface area contributed by atoms with Gasteiger partial charge in [0.1, 0.15) is 12.4 Å². The fraction of sp³-hybridized carbons (Fsp3) is 0.375. The van der Waals surface area contributed by atoms with Crippen LogP contribution >= 0.6 is 27.3 Å². The summed E-state index contributed by atoms with van der Waals surface area (Å²) in [5, 5.41) is 3.36. The predicted molar refractivity (Wildman–Crippen MR) is 89.6 cm³/mol. The monoisotopic (exact) mass is 353 g/mol. The van der Waals surface area contributed by atoms with Crippen molar-refractivity contribution < 1.29 is 4.74 Å². The van der Waals surface area contributed by atoms with Gasteiger partial charge in [0.05, 0.1) is 0 Å². The molecule has 0 unspecified atom stereocenters. The molecule has 0 radical (unpaired) electrons. The summed E-state index contributed by atoms with van der Waals surface area (Å²) in [4.78, 5) is 2.71. The number of hydrogen-bond acceptors (Lipinski definition) is 3. The molecule has 2 rings (SSSR count). The highest BCUT2D eigenvalue weighted by Gasteiger charge is 2.07. The lowest BCUT2D eigenvalue weighted by molar-refractivity contribution is 0.304. The van der Waals surface area contributed by atoms with Gasteiger partial charge >= 0.3 is 0 Å². The van der Waals surface area contributed by atoms with Crippen LogP contribution in [0.25, 0.3) is 0 Å². The minimum atomic E-state index is 0.636. The van der Waals surface area contributed by atoms with Crippen LogP contribution in [0.2, 0.25) is 0 Å². The molecular formula is C16H20BrNOS. The fourth-order valence-corrected chi connectivity index (χ4v) is 3.49. The molecular weight excluding hydrogens is 334 g/mol. The van der Waals surface area contributed by atoms with Gasteiger partial charge in [-0.3, -0.25) is 0 Å². The summed E-state index contributed by atoms with van der Waals surface area (Å²) in [6, 6.07) is 8.35. The van der Waals surface area contributed by atoms with Crippen LogP contribution in [0.5, 0.6) is 5.75 Å². The van der Waals surface area contributed by atoms with E-state index in [0.717, 1.165) is 28.9 Å². The molecule has 4 heteroatoms. The average Bonchev–Trinajstić information content (AvgIpc) is 2.76. The van der Waals surface area contributed by atoms with E-state index >= 15 is 0 Å². The third-order valence-electron chi connectivity index (χ3n) is 3.14. The Morgan fingerprint density at radius 1 is 1.25 bits per heavy atom. The lowest BCUT2D eigenvalue weighted by Crippen LogP contribution is -2.10. The van der Waals surface area contributed by atoms with Gasteiger partial charge < -0.3 is 10.1 Å². The van der Waals surface area contributed by atoms with Crippen LogP contribution < -0.4 is 10.1 Å². The first-order valence-electron chi connectivity index (χ1n) is 6.78. The highest BCUT2D eigenvalue weighted by molar-refractivity contribution is 9.10. The number of thiophene rings is 1. The van der Waals surface area contributed by atoms with Gasteiger partial charge in [0, 0.05) is 26.3 Å². The zero-order chi connectivity index (χ0) is 14.5. The first-order chi connectivity index (χ1) is 9.60. The highest BCUT2D eigenvalue weighted by Crippen LogP contribution is 2.26. The Morgan fingerprint density at radius 2 is 2.05 bits per heavy atom. The molecule has 0 aliphatic rings. The first kappa shape index (κ1) is 15.5. The number of hydrogen-bond donors (Lipinski definition) is 1. The lowest BCUT2D eigenvalue weighted by Gasteiger charge is -2.09. The number of rotatable bonds is 6. The molecule has 2 nitrogen and oxygen atoms in total. The van der Waals surface area contributed by atoms with Crippen molar-refractivity contribution in [3.05, 3.63) is 49.6 Å². The second-order valence-corrected chi connectivity index (χ2v) is 7.03. The van der Waals surface area contributed by atoms with Gasteiger partial charge in [-0.25, -0.2) is 0 Å². The maximum atomic E-state index is 5.94. The van der Waals surface area contributed by atoms with Crippen molar-refractivity contribution in [2.45, 2.75) is 33.9 Å². The second-order valence-electron chi connectivity index (χ2n) is 4.77. The summed E-state index contributed by atoms with van der Waals surface area (Å²) < 4.78 is 7.03. The van der Waals surface area contributed by atoms with Crippen LogP contribution in [0.3, 0.4) is 0 Å². The van der Waals surface area contributed by atoms with Crippen molar-refractivity contribution in [2.75, 3.05) is 6.54 Å². The Kier molecular flexibility index (Phi) is 5.64. The molecule has 0 aliphatic heterocycles. The summed E-state index contributed by atoms with van der Waals surface area (Å²) in [7, 11) is 0. The van der Waals surface area contributed by atoms with Gasteiger partial charge in [-0.15, -0.1) is 11.3 Å². The first-order valence-corrected chi connectivity index (χ1v) is 8.39. The van der Waals surface area contributed by atoms with E-state index in [0.29, 0.717) is 6.61 Å². The van der Waals surface area contributed by atoms with Gasteiger partial charge in [-0.2, -0.15) is 0 Å². The lowest BCUT2D eigenvalue weighted by atomic mass is 10.2. The van der Waals surface area contributed by atoms with Crippen molar-refractivity contribution >= 4 is 27.3 Å². The van der Waals surface area contributed by atoms with E-state index in [-0.39, 0.29) is 0 Å². The van der Waals surface area contributed by atoms with E-state index in [1.54, 1.807) is 0 Å². The van der Waals surface area contributed by atoms with Crippen molar-refractivity contribution in [2.24, 2.45) is 0 Å². The van der Waals surface area contributed by atoms with Gasteiger partial charge in [-0.1, -0.05) is 22.9 Å². The molecule has 0 fully saturated rings. The van der Waals surface area contributed by atoms with Crippen LogP contribution in [0.15, 0.2) is 28.7 Å². The molecule has 0 saturated carbocycles. The van der Waals surface area contributed by atoms with E-state index in [1.165, 1.54) is 15.3 Å². The molecule has 0 amide bonds. The number of aryl methyl sites for hydroxylation is 2. The van der Waals surface area contributed by atoms with E-state index < -0.39 is 0 Å². The van der Waals surface area contributed by atoms with Crippen molar-refractivity contribution in [3.8, 4) is 5.75 Å². The third kappa shape index (κ3) is 4.08. The Bertz CT molecular complexity index is 580. The van der Waals surface area contributed by atoms with Crippen molar-refractivity contribution in [3.63, 3.8) is 0 Å². The van der Waals surface area contributed by atoms with Crippen molar-refractivity contribution in [1.82, 2.24) is 5.32 Å². The van der Waals surface area contributed by atoms with E-state index in [4.69, 9.17) is 4.74 Å².